The zero-order valence-electron chi connectivity index (χ0n) is 60.9. The summed E-state index contributed by atoms with van der Waals surface area (Å²) in [5, 5.41) is 10.6. The third kappa shape index (κ3) is 66.8. The van der Waals surface area contributed by atoms with Crippen molar-refractivity contribution in [3.8, 4) is 0 Å². The fraction of sp³-hybridized carbons (Fsp3) is 0.893. The summed E-state index contributed by atoms with van der Waals surface area (Å²) in [6.45, 7) is 11.8. The summed E-state index contributed by atoms with van der Waals surface area (Å²) in [4.78, 5) is 72.7. The Labute approximate surface area is 573 Å². The molecule has 0 aromatic rings. The van der Waals surface area contributed by atoms with E-state index in [0.717, 1.165) is 133 Å². The molecule has 0 aromatic carbocycles. The van der Waals surface area contributed by atoms with Gasteiger partial charge in [-0.2, -0.15) is 0 Å². The smallest absolute Gasteiger partial charge is 0.462 e. The third-order valence-corrected chi connectivity index (χ3v) is 19.0. The molecule has 0 rings (SSSR count). The maximum atomic E-state index is 13.1. The van der Waals surface area contributed by atoms with E-state index < -0.39 is 97.5 Å². The quantitative estimate of drug-likeness (QED) is 0.0169. The van der Waals surface area contributed by atoms with Gasteiger partial charge in [0.05, 0.1) is 26.4 Å². The Morgan fingerprint density at radius 2 is 0.628 bits per heavy atom. The van der Waals surface area contributed by atoms with Crippen molar-refractivity contribution in [2.45, 2.75) is 375 Å². The molecule has 0 saturated heterocycles. The number of ether oxygens (including phenoxy) is 4. The molecule has 0 aromatic heterocycles. The zero-order chi connectivity index (χ0) is 69.4. The predicted molar refractivity (Wildman–Crippen MR) is 381 cm³/mol. The van der Waals surface area contributed by atoms with Crippen LogP contribution >= 0.6 is 15.6 Å². The highest BCUT2D eigenvalue weighted by Gasteiger charge is 2.30. The van der Waals surface area contributed by atoms with Gasteiger partial charge in [0.1, 0.15) is 19.3 Å². The van der Waals surface area contributed by atoms with Gasteiger partial charge < -0.3 is 33.8 Å². The highest BCUT2D eigenvalue weighted by atomic mass is 31.2. The van der Waals surface area contributed by atoms with Crippen LogP contribution in [0.15, 0.2) is 24.3 Å². The maximum Gasteiger partial charge on any atom is 0.472 e. The Morgan fingerprint density at radius 3 is 0.947 bits per heavy atom. The van der Waals surface area contributed by atoms with Gasteiger partial charge in [0.15, 0.2) is 12.2 Å². The number of esters is 4. The van der Waals surface area contributed by atoms with Gasteiger partial charge in [-0.05, 0) is 69.1 Å². The number of carbonyl (C=O) groups is 4. The number of carbonyl (C=O) groups excluding carboxylic acids is 4. The van der Waals surface area contributed by atoms with Crippen LogP contribution in [0.5, 0.6) is 0 Å². The predicted octanol–water partition coefficient (Wildman–Crippen LogP) is 21.3. The van der Waals surface area contributed by atoms with Crippen molar-refractivity contribution < 1.29 is 80.2 Å². The summed E-state index contributed by atoms with van der Waals surface area (Å²) < 4.78 is 68.4. The lowest BCUT2D eigenvalue weighted by Crippen LogP contribution is -2.30. The van der Waals surface area contributed by atoms with E-state index in [1.807, 2.05) is 0 Å². The largest absolute Gasteiger partial charge is 0.472 e. The van der Waals surface area contributed by atoms with Crippen molar-refractivity contribution in [1.82, 2.24) is 0 Å². The molecule has 19 heteroatoms. The first-order valence-corrected chi connectivity index (χ1v) is 41.2. The molecule has 0 saturated carbocycles. The number of hydrogen-bond acceptors (Lipinski definition) is 15. The highest BCUT2D eigenvalue weighted by molar-refractivity contribution is 7.47. The monoisotopic (exact) mass is 1380 g/mol. The summed E-state index contributed by atoms with van der Waals surface area (Å²) in [5.41, 5.74) is 0. The van der Waals surface area contributed by atoms with Crippen LogP contribution in [0.4, 0.5) is 0 Å². The van der Waals surface area contributed by atoms with Crippen molar-refractivity contribution in [2.24, 2.45) is 17.8 Å². The highest BCUT2D eigenvalue weighted by Crippen LogP contribution is 2.45. The Morgan fingerprint density at radius 1 is 0.351 bits per heavy atom. The van der Waals surface area contributed by atoms with Crippen LogP contribution in [0.2, 0.25) is 0 Å². The van der Waals surface area contributed by atoms with Crippen molar-refractivity contribution in [1.29, 1.82) is 0 Å². The van der Waals surface area contributed by atoms with E-state index >= 15 is 0 Å². The van der Waals surface area contributed by atoms with Crippen LogP contribution in [0, 0.1) is 17.8 Å². The second-order valence-corrected chi connectivity index (χ2v) is 30.5. The van der Waals surface area contributed by atoms with Crippen LogP contribution in [-0.4, -0.2) is 96.7 Å². The molecule has 3 unspecified atom stereocenters. The Kier molecular flexibility index (Phi) is 63.5. The Balaban J connectivity index is 5.30. The number of phosphoric acid groups is 2. The summed E-state index contributed by atoms with van der Waals surface area (Å²) in [6, 6.07) is 0. The van der Waals surface area contributed by atoms with Crippen LogP contribution in [0.25, 0.3) is 0 Å². The number of unbranched alkanes of at least 4 members (excludes halogenated alkanes) is 35. The molecule has 94 heavy (non-hydrogen) atoms. The average Bonchev–Trinajstić information content (AvgIpc) is 1.44. The van der Waals surface area contributed by atoms with Gasteiger partial charge >= 0.3 is 39.5 Å². The van der Waals surface area contributed by atoms with Crippen molar-refractivity contribution >= 4 is 39.5 Å². The lowest BCUT2D eigenvalue weighted by Gasteiger charge is -2.21. The van der Waals surface area contributed by atoms with Gasteiger partial charge in [0, 0.05) is 25.7 Å². The molecule has 0 spiro atoms. The molecule has 6 atom stereocenters. The third-order valence-electron chi connectivity index (χ3n) is 17.1. The van der Waals surface area contributed by atoms with E-state index in [9.17, 15) is 43.2 Å². The lowest BCUT2D eigenvalue weighted by atomic mass is 10.00. The van der Waals surface area contributed by atoms with Crippen molar-refractivity contribution in [3.05, 3.63) is 24.3 Å². The Bertz CT molecular complexity index is 1930. The van der Waals surface area contributed by atoms with E-state index in [1.54, 1.807) is 0 Å². The number of hydrogen-bond donors (Lipinski definition) is 3. The van der Waals surface area contributed by atoms with Gasteiger partial charge in [0.25, 0.3) is 0 Å². The number of aliphatic hydroxyl groups excluding tert-OH is 1. The number of rotatable bonds is 71. The standard InChI is InChI=1S/C75H142O17P2/c1-8-10-11-12-13-14-15-16-17-20-23-29-34-42-49-56-72(77)85-62-70(91-74(79)58-51-44-35-30-24-21-18-19-22-27-32-39-46-53-66(3)4)64-89-93(81,82)87-60-69(76)61-88-94(83,84)90-65-71(63-86-73(78)57-50-43-38-37-41-48-55-68(7)9-2)92-75(80)59-52-45-36-31-26-25-28-33-40-47-54-67(5)6/h14-17,66-71,76H,8-13,18-65H2,1-7H3,(H,81,82)(H,83,84)/b15-14-,17-16-/t68?,69-,70-,71-/m1/s1. The van der Waals surface area contributed by atoms with Gasteiger partial charge in [-0.3, -0.25) is 37.3 Å². The Hall–Kier alpha value is -2.46. The van der Waals surface area contributed by atoms with Gasteiger partial charge in [-0.15, -0.1) is 0 Å². The van der Waals surface area contributed by atoms with Crippen LogP contribution in [0.3, 0.4) is 0 Å². The molecular formula is C75H142O17P2. The van der Waals surface area contributed by atoms with Crippen LogP contribution in [-0.2, 0) is 65.4 Å². The van der Waals surface area contributed by atoms with Crippen molar-refractivity contribution in [3.63, 3.8) is 0 Å². The van der Waals surface area contributed by atoms with Gasteiger partial charge in [-0.25, -0.2) is 9.13 Å². The maximum absolute atomic E-state index is 13.1. The fourth-order valence-corrected chi connectivity index (χ4v) is 12.4. The summed E-state index contributed by atoms with van der Waals surface area (Å²) in [5.74, 6) is 0.113. The summed E-state index contributed by atoms with van der Waals surface area (Å²) >= 11 is 0. The number of phosphoric ester groups is 2. The molecule has 0 amide bonds. The molecule has 0 radical (unpaired) electrons. The molecule has 17 nitrogen and oxygen atoms in total. The molecule has 0 aliphatic heterocycles. The molecular weight excluding hydrogens is 1230 g/mol. The van der Waals surface area contributed by atoms with E-state index in [4.69, 9.17) is 37.0 Å². The minimum atomic E-state index is -4.96. The van der Waals surface area contributed by atoms with E-state index in [2.05, 4.69) is 72.8 Å². The molecule has 0 aliphatic carbocycles. The molecule has 3 N–H and O–H groups in total. The molecule has 0 heterocycles. The molecule has 0 fully saturated rings. The second-order valence-electron chi connectivity index (χ2n) is 27.5. The summed E-state index contributed by atoms with van der Waals surface area (Å²) in [7, 11) is -9.92. The summed E-state index contributed by atoms with van der Waals surface area (Å²) in [6.07, 6.45) is 53.5. The number of aliphatic hydroxyl groups is 1. The van der Waals surface area contributed by atoms with E-state index in [1.165, 1.54) is 141 Å². The average molecular weight is 1380 g/mol. The van der Waals surface area contributed by atoms with E-state index in [0.29, 0.717) is 25.7 Å². The minimum absolute atomic E-state index is 0.0998. The minimum Gasteiger partial charge on any atom is -0.462 e. The molecule has 0 aliphatic rings. The van der Waals surface area contributed by atoms with Crippen LogP contribution in [0.1, 0.15) is 357 Å². The number of allylic oxidation sites excluding steroid dienone is 4. The molecule has 0 bridgehead atoms. The first-order chi connectivity index (χ1) is 45.3. The first-order valence-electron chi connectivity index (χ1n) is 38.2. The first kappa shape index (κ1) is 91.5. The SMILES string of the molecule is CCCCCC/C=C\C=C/CCCCCCCC(=O)OC[C@H](COP(=O)(O)OC[C@@H](O)COP(=O)(O)OC[C@@H](COC(=O)CCCCCCCCC(C)CC)OC(=O)CCCCCCCCCCCCC(C)C)OC(=O)CCCCCCCCCCCCCCCC(C)C. The van der Waals surface area contributed by atoms with Crippen LogP contribution < -0.4 is 0 Å². The van der Waals surface area contributed by atoms with E-state index in [-0.39, 0.29) is 25.7 Å². The second kappa shape index (κ2) is 65.2. The zero-order valence-corrected chi connectivity index (χ0v) is 62.7. The lowest BCUT2D eigenvalue weighted by molar-refractivity contribution is -0.161. The van der Waals surface area contributed by atoms with Crippen molar-refractivity contribution in [2.75, 3.05) is 39.6 Å². The fourth-order valence-electron chi connectivity index (χ4n) is 10.9. The van der Waals surface area contributed by atoms with Gasteiger partial charge in [0.2, 0.25) is 0 Å². The molecule has 554 valence electrons. The normalized spacial score (nSPS) is 14.6. The topological polar surface area (TPSA) is 237 Å². The van der Waals surface area contributed by atoms with Gasteiger partial charge in [-0.1, -0.05) is 304 Å².